The van der Waals surface area contributed by atoms with Gasteiger partial charge in [-0.15, -0.1) is 12.4 Å². The molecule has 6 heteroatoms. The number of ether oxygens (including phenoxy) is 3. The number of aliphatic hydroxyl groups excluding tert-OH is 1. The lowest BCUT2D eigenvalue weighted by molar-refractivity contribution is 0.132. The Balaban J connectivity index is 0.00000441. The number of hydrogen-bond donors (Lipinski definition) is 2. The molecular weight excluding hydrogens is 306 g/mol. The molecule has 5 nitrogen and oxygen atoms in total. The average molecular weight is 334 g/mol. The molecule has 0 fully saturated rings. The summed E-state index contributed by atoms with van der Waals surface area (Å²) in [7, 11) is 4.65. The van der Waals surface area contributed by atoms with E-state index in [4.69, 9.17) is 19.9 Å². The highest BCUT2D eigenvalue weighted by atomic mass is 35.5. The Hall–Kier alpha value is -1.17. The molecule has 3 N–H and O–H groups in total. The number of aliphatic hydroxyl groups is 1. The third-order valence-electron chi connectivity index (χ3n) is 3.66. The van der Waals surface area contributed by atoms with Gasteiger partial charge in [0.2, 0.25) is 5.75 Å². The van der Waals surface area contributed by atoms with Crippen molar-refractivity contribution in [3.8, 4) is 17.2 Å². The number of rotatable bonds is 6. The maximum absolute atomic E-state index is 10.4. The minimum absolute atomic E-state index is 0. The van der Waals surface area contributed by atoms with E-state index in [-0.39, 0.29) is 23.9 Å². The molecule has 0 radical (unpaired) electrons. The summed E-state index contributed by atoms with van der Waals surface area (Å²) in [6.45, 7) is 6.17. The molecule has 128 valence electrons. The standard InChI is InChI=1S/C16H27NO4.ClH/c1-16(2,3)14(17)9-11(18)10-7-12(19-4)15(21-6)13(8-10)20-5;/h7-8,11,14,18H,9,17H2,1-6H3;1H/t11-,14+;/m0./s1. The molecule has 2 atom stereocenters. The Morgan fingerprint density at radius 3 is 1.82 bits per heavy atom. The van der Waals surface area contributed by atoms with Crippen LogP contribution in [0.5, 0.6) is 17.2 Å². The monoisotopic (exact) mass is 333 g/mol. The van der Waals surface area contributed by atoms with Crippen molar-refractivity contribution in [1.82, 2.24) is 0 Å². The van der Waals surface area contributed by atoms with Crippen molar-refractivity contribution in [2.45, 2.75) is 39.3 Å². The number of methoxy groups -OCH3 is 3. The van der Waals surface area contributed by atoms with Gasteiger partial charge < -0.3 is 25.1 Å². The molecule has 0 aliphatic heterocycles. The second kappa shape index (κ2) is 8.46. The van der Waals surface area contributed by atoms with Gasteiger partial charge in [-0.1, -0.05) is 20.8 Å². The topological polar surface area (TPSA) is 73.9 Å². The molecule has 1 aromatic carbocycles. The fourth-order valence-corrected chi connectivity index (χ4v) is 2.02. The molecule has 0 aromatic heterocycles. The van der Waals surface area contributed by atoms with E-state index >= 15 is 0 Å². The quantitative estimate of drug-likeness (QED) is 0.837. The first kappa shape index (κ1) is 20.8. The van der Waals surface area contributed by atoms with Gasteiger partial charge in [-0.05, 0) is 29.5 Å². The minimum atomic E-state index is -0.687. The second-order valence-corrected chi connectivity index (χ2v) is 6.18. The summed E-state index contributed by atoms with van der Waals surface area (Å²) in [6.07, 6.45) is -0.227. The SMILES string of the molecule is COc1cc([C@@H](O)C[C@@H](N)C(C)(C)C)cc(OC)c1OC.Cl. The van der Waals surface area contributed by atoms with Gasteiger partial charge in [0.1, 0.15) is 0 Å². The van der Waals surface area contributed by atoms with Crippen LogP contribution in [0.2, 0.25) is 0 Å². The molecule has 0 heterocycles. The molecule has 0 bridgehead atoms. The highest BCUT2D eigenvalue weighted by Gasteiger charge is 2.25. The van der Waals surface area contributed by atoms with Crippen LogP contribution >= 0.6 is 12.4 Å². The smallest absolute Gasteiger partial charge is 0.203 e. The van der Waals surface area contributed by atoms with Gasteiger partial charge in [0.25, 0.3) is 0 Å². The molecule has 0 amide bonds. The molecular formula is C16H28ClNO4. The molecule has 0 aliphatic carbocycles. The summed E-state index contributed by atoms with van der Waals surface area (Å²) in [4.78, 5) is 0. The molecule has 1 aromatic rings. The van der Waals surface area contributed by atoms with Crippen LogP contribution in [-0.4, -0.2) is 32.5 Å². The molecule has 0 saturated heterocycles. The van der Waals surface area contributed by atoms with Gasteiger partial charge >= 0.3 is 0 Å². The first-order chi connectivity index (χ1) is 9.74. The van der Waals surface area contributed by atoms with E-state index in [0.29, 0.717) is 29.2 Å². The van der Waals surface area contributed by atoms with Crippen LogP contribution in [-0.2, 0) is 0 Å². The van der Waals surface area contributed by atoms with Crippen molar-refractivity contribution >= 4 is 12.4 Å². The summed E-state index contributed by atoms with van der Waals surface area (Å²) in [6, 6.07) is 3.38. The van der Waals surface area contributed by atoms with E-state index in [1.54, 1.807) is 33.5 Å². The van der Waals surface area contributed by atoms with E-state index in [1.807, 2.05) is 0 Å². The Labute approximate surface area is 139 Å². The van der Waals surface area contributed by atoms with Crippen molar-refractivity contribution in [2.75, 3.05) is 21.3 Å². The van der Waals surface area contributed by atoms with E-state index < -0.39 is 6.10 Å². The van der Waals surface area contributed by atoms with E-state index in [2.05, 4.69) is 20.8 Å². The van der Waals surface area contributed by atoms with Crippen molar-refractivity contribution in [3.63, 3.8) is 0 Å². The first-order valence-electron chi connectivity index (χ1n) is 6.98. The number of halogens is 1. The third-order valence-corrected chi connectivity index (χ3v) is 3.66. The zero-order valence-electron chi connectivity index (χ0n) is 14.2. The van der Waals surface area contributed by atoms with Gasteiger partial charge in [-0.25, -0.2) is 0 Å². The van der Waals surface area contributed by atoms with Crippen molar-refractivity contribution in [1.29, 1.82) is 0 Å². The van der Waals surface area contributed by atoms with Crippen LogP contribution in [0.15, 0.2) is 12.1 Å². The lowest BCUT2D eigenvalue weighted by atomic mass is 9.83. The molecule has 0 unspecified atom stereocenters. The molecule has 22 heavy (non-hydrogen) atoms. The maximum atomic E-state index is 10.4. The predicted octanol–water partition coefficient (Wildman–Crippen LogP) is 2.93. The molecule has 0 aliphatic rings. The summed E-state index contributed by atoms with van der Waals surface area (Å²) < 4.78 is 15.9. The number of nitrogens with two attached hydrogens (primary N) is 1. The van der Waals surface area contributed by atoms with Gasteiger partial charge in [0.05, 0.1) is 27.4 Å². The average Bonchev–Trinajstić information content (AvgIpc) is 2.44. The second-order valence-electron chi connectivity index (χ2n) is 6.18. The van der Waals surface area contributed by atoms with Crippen LogP contribution < -0.4 is 19.9 Å². The van der Waals surface area contributed by atoms with Crippen molar-refractivity contribution in [3.05, 3.63) is 17.7 Å². The van der Waals surface area contributed by atoms with E-state index in [9.17, 15) is 5.11 Å². The summed E-state index contributed by atoms with van der Waals surface area (Å²) in [5.74, 6) is 1.56. The zero-order chi connectivity index (χ0) is 16.2. The van der Waals surface area contributed by atoms with Crippen LogP contribution in [0.1, 0.15) is 38.9 Å². The highest BCUT2D eigenvalue weighted by molar-refractivity contribution is 5.85. The van der Waals surface area contributed by atoms with Gasteiger partial charge in [-0.3, -0.25) is 0 Å². The lowest BCUT2D eigenvalue weighted by Crippen LogP contribution is -2.36. The summed E-state index contributed by atoms with van der Waals surface area (Å²) in [5, 5.41) is 10.4. The fraction of sp³-hybridized carbons (Fsp3) is 0.625. The summed E-state index contributed by atoms with van der Waals surface area (Å²) >= 11 is 0. The Morgan fingerprint density at radius 2 is 1.50 bits per heavy atom. The summed E-state index contributed by atoms with van der Waals surface area (Å²) in [5.41, 5.74) is 6.77. The van der Waals surface area contributed by atoms with Gasteiger partial charge in [-0.2, -0.15) is 0 Å². The Kier molecular flexibility index (Phi) is 8.01. The largest absolute Gasteiger partial charge is 0.493 e. The van der Waals surface area contributed by atoms with Gasteiger partial charge in [0.15, 0.2) is 11.5 Å². The van der Waals surface area contributed by atoms with E-state index in [0.717, 1.165) is 0 Å². The lowest BCUT2D eigenvalue weighted by Gasteiger charge is -2.29. The normalized spacial score (nSPS) is 13.8. The van der Waals surface area contributed by atoms with Crippen LogP contribution in [0.4, 0.5) is 0 Å². The third kappa shape index (κ3) is 4.93. The van der Waals surface area contributed by atoms with Crippen molar-refractivity contribution < 1.29 is 19.3 Å². The zero-order valence-corrected chi connectivity index (χ0v) is 15.0. The fourth-order valence-electron chi connectivity index (χ4n) is 2.02. The van der Waals surface area contributed by atoms with Crippen LogP contribution in [0.3, 0.4) is 0 Å². The number of hydrogen-bond acceptors (Lipinski definition) is 5. The van der Waals surface area contributed by atoms with E-state index in [1.165, 1.54) is 0 Å². The van der Waals surface area contributed by atoms with Crippen LogP contribution in [0, 0.1) is 5.41 Å². The molecule has 0 spiro atoms. The molecule has 1 rings (SSSR count). The Morgan fingerprint density at radius 1 is 1.05 bits per heavy atom. The van der Waals surface area contributed by atoms with Gasteiger partial charge in [0, 0.05) is 6.04 Å². The predicted molar refractivity (Wildman–Crippen MR) is 90.4 cm³/mol. The first-order valence-corrected chi connectivity index (χ1v) is 6.98. The maximum Gasteiger partial charge on any atom is 0.203 e. The highest BCUT2D eigenvalue weighted by Crippen LogP contribution is 2.40. The Bertz CT molecular complexity index is 449. The van der Waals surface area contributed by atoms with Crippen molar-refractivity contribution in [2.24, 2.45) is 11.1 Å². The number of benzene rings is 1. The molecule has 0 saturated carbocycles. The van der Waals surface area contributed by atoms with Crippen LogP contribution in [0.25, 0.3) is 0 Å². The minimum Gasteiger partial charge on any atom is -0.493 e.